The van der Waals surface area contributed by atoms with Crippen LogP contribution in [-0.2, 0) is 4.79 Å². The fourth-order valence-corrected chi connectivity index (χ4v) is 3.58. The maximum Gasteiger partial charge on any atom is 0.279 e. The summed E-state index contributed by atoms with van der Waals surface area (Å²) in [6.45, 7) is 4.03. The SMILES string of the molecule is O=C(C[NH+]1CCN(c2ccc(O)cc2)CC1)Nc1ccc(Oc2ccccc2)cc1. The van der Waals surface area contributed by atoms with Gasteiger partial charge < -0.3 is 25.0 Å². The van der Waals surface area contributed by atoms with Crippen LogP contribution in [0.1, 0.15) is 0 Å². The van der Waals surface area contributed by atoms with Gasteiger partial charge in [0.2, 0.25) is 0 Å². The molecule has 1 aliphatic heterocycles. The molecule has 1 heterocycles. The first-order valence-electron chi connectivity index (χ1n) is 10.2. The number of benzene rings is 3. The van der Waals surface area contributed by atoms with E-state index in [0.717, 1.165) is 49.1 Å². The van der Waals surface area contributed by atoms with E-state index in [2.05, 4.69) is 10.2 Å². The molecule has 3 aromatic rings. The van der Waals surface area contributed by atoms with Crippen LogP contribution in [0.4, 0.5) is 11.4 Å². The second-order valence-corrected chi connectivity index (χ2v) is 7.42. The maximum absolute atomic E-state index is 12.4. The molecule has 3 aromatic carbocycles. The number of phenolic OH excluding ortho intramolecular Hbond substituents is 1. The summed E-state index contributed by atoms with van der Waals surface area (Å²) in [5.41, 5.74) is 1.87. The van der Waals surface area contributed by atoms with Crippen LogP contribution >= 0.6 is 0 Å². The van der Waals surface area contributed by atoms with Crippen LogP contribution in [0.2, 0.25) is 0 Å². The molecule has 0 spiro atoms. The van der Waals surface area contributed by atoms with Crippen LogP contribution in [0.15, 0.2) is 78.9 Å². The molecular weight excluding hydrogens is 378 g/mol. The first kappa shape index (κ1) is 19.8. The molecule has 30 heavy (non-hydrogen) atoms. The van der Waals surface area contributed by atoms with Crippen molar-refractivity contribution in [1.82, 2.24) is 0 Å². The van der Waals surface area contributed by atoms with Crippen molar-refractivity contribution < 1.29 is 19.5 Å². The summed E-state index contributed by atoms with van der Waals surface area (Å²) >= 11 is 0. The van der Waals surface area contributed by atoms with Gasteiger partial charge in [-0.1, -0.05) is 18.2 Å². The van der Waals surface area contributed by atoms with Crippen molar-refractivity contribution in [3.8, 4) is 17.2 Å². The third-order valence-corrected chi connectivity index (χ3v) is 5.21. The first-order chi connectivity index (χ1) is 14.7. The van der Waals surface area contributed by atoms with Gasteiger partial charge in [-0.15, -0.1) is 0 Å². The molecule has 3 N–H and O–H groups in total. The van der Waals surface area contributed by atoms with E-state index in [1.165, 1.54) is 4.90 Å². The number of anilines is 2. The molecule has 1 saturated heterocycles. The molecule has 0 aromatic heterocycles. The van der Waals surface area contributed by atoms with Gasteiger partial charge in [0.25, 0.3) is 5.91 Å². The number of rotatable bonds is 6. The van der Waals surface area contributed by atoms with Gasteiger partial charge in [0.05, 0.1) is 26.2 Å². The zero-order chi connectivity index (χ0) is 20.8. The predicted octanol–water partition coefficient (Wildman–Crippen LogP) is 2.53. The highest BCUT2D eigenvalue weighted by Crippen LogP contribution is 2.22. The van der Waals surface area contributed by atoms with E-state index in [0.29, 0.717) is 6.54 Å². The highest BCUT2D eigenvalue weighted by atomic mass is 16.5. The van der Waals surface area contributed by atoms with Crippen LogP contribution < -0.4 is 19.9 Å². The molecule has 0 unspecified atom stereocenters. The molecule has 154 valence electrons. The minimum atomic E-state index is 0.0137. The third kappa shape index (κ3) is 5.30. The van der Waals surface area contributed by atoms with Crippen molar-refractivity contribution in [2.45, 2.75) is 0 Å². The number of carbonyl (C=O) groups is 1. The maximum atomic E-state index is 12.4. The number of nitrogens with one attached hydrogen (secondary N) is 2. The monoisotopic (exact) mass is 404 g/mol. The van der Waals surface area contributed by atoms with Gasteiger partial charge >= 0.3 is 0 Å². The van der Waals surface area contributed by atoms with Crippen LogP contribution in [0, 0.1) is 0 Å². The number of piperazine rings is 1. The average Bonchev–Trinajstić information content (AvgIpc) is 2.77. The lowest BCUT2D eigenvalue weighted by Crippen LogP contribution is -3.15. The first-order valence-corrected chi connectivity index (χ1v) is 10.2. The molecule has 0 aliphatic carbocycles. The van der Waals surface area contributed by atoms with E-state index >= 15 is 0 Å². The molecular formula is C24H26N3O3+. The largest absolute Gasteiger partial charge is 0.508 e. The molecule has 6 heteroatoms. The number of phenols is 1. The van der Waals surface area contributed by atoms with Gasteiger partial charge in [0.1, 0.15) is 17.2 Å². The van der Waals surface area contributed by atoms with Gasteiger partial charge in [-0.05, 0) is 60.7 Å². The minimum Gasteiger partial charge on any atom is -0.508 e. The van der Waals surface area contributed by atoms with E-state index < -0.39 is 0 Å². The zero-order valence-corrected chi connectivity index (χ0v) is 16.8. The van der Waals surface area contributed by atoms with E-state index in [9.17, 15) is 9.90 Å². The highest BCUT2D eigenvalue weighted by molar-refractivity contribution is 5.91. The Hall–Kier alpha value is -3.51. The lowest BCUT2D eigenvalue weighted by molar-refractivity contribution is -0.892. The summed E-state index contributed by atoms with van der Waals surface area (Å²) < 4.78 is 5.78. The van der Waals surface area contributed by atoms with Crippen molar-refractivity contribution in [3.63, 3.8) is 0 Å². The normalized spacial score (nSPS) is 14.3. The van der Waals surface area contributed by atoms with Crippen LogP contribution in [0.3, 0.4) is 0 Å². The van der Waals surface area contributed by atoms with Gasteiger partial charge in [0.15, 0.2) is 6.54 Å². The van der Waals surface area contributed by atoms with E-state index in [1.807, 2.05) is 66.7 Å². The third-order valence-electron chi connectivity index (χ3n) is 5.21. The molecule has 1 aliphatic rings. The Morgan fingerprint density at radius 2 is 1.53 bits per heavy atom. The molecule has 0 radical (unpaired) electrons. The van der Waals surface area contributed by atoms with Crippen LogP contribution in [0.5, 0.6) is 17.2 Å². The van der Waals surface area contributed by atoms with Gasteiger partial charge in [-0.3, -0.25) is 4.79 Å². The standard InChI is InChI=1S/C24H25N3O3/c28-21-10-8-20(9-11-21)27-16-14-26(15-17-27)18-24(29)25-19-6-12-23(13-7-19)30-22-4-2-1-3-5-22/h1-13,28H,14-18H2,(H,25,29)/p+1. The molecule has 0 atom stereocenters. The Morgan fingerprint density at radius 1 is 0.900 bits per heavy atom. The van der Waals surface area contributed by atoms with E-state index in [-0.39, 0.29) is 11.7 Å². The number of para-hydroxylation sites is 1. The lowest BCUT2D eigenvalue weighted by atomic mass is 10.2. The smallest absolute Gasteiger partial charge is 0.279 e. The Kier molecular flexibility index (Phi) is 6.15. The average molecular weight is 404 g/mol. The van der Waals surface area contributed by atoms with Crippen molar-refractivity contribution in [3.05, 3.63) is 78.9 Å². The molecule has 1 amide bonds. The quantitative estimate of drug-likeness (QED) is 0.591. The van der Waals surface area contributed by atoms with Crippen molar-refractivity contribution in [1.29, 1.82) is 0 Å². The summed E-state index contributed by atoms with van der Waals surface area (Å²) in [6.07, 6.45) is 0. The number of aromatic hydroxyl groups is 1. The number of ether oxygens (including phenoxy) is 1. The van der Waals surface area contributed by atoms with Gasteiger partial charge in [-0.25, -0.2) is 0 Å². The zero-order valence-electron chi connectivity index (χ0n) is 16.8. The summed E-state index contributed by atoms with van der Waals surface area (Å²) in [5, 5.41) is 12.4. The fourth-order valence-electron chi connectivity index (χ4n) is 3.58. The Balaban J connectivity index is 1.23. The summed E-state index contributed by atoms with van der Waals surface area (Å²) in [4.78, 5) is 16.0. The van der Waals surface area contributed by atoms with Crippen LogP contribution in [-0.4, -0.2) is 43.7 Å². The summed E-state index contributed by atoms with van der Waals surface area (Å²) in [5.74, 6) is 1.80. The molecule has 6 nitrogen and oxygen atoms in total. The number of quaternary nitrogens is 1. The second kappa shape index (κ2) is 9.33. The second-order valence-electron chi connectivity index (χ2n) is 7.42. The predicted molar refractivity (Wildman–Crippen MR) is 117 cm³/mol. The lowest BCUT2D eigenvalue weighted by Gasteiger charge is -2.33. The minimum absolute atomic E-state index is 0.0137. The van der Waals surface area contributed by atoms with E-state index in [4.69, 9.17) is 4.74 Å². The Morgan fingerprint density at radius 3 is 2.20 bits per heavy atom. The number of hydrogen-bond acceptors (Lipinski definition) is 4. The number of amides is 1. The van der Waals surface area contributed by atoms with Crippen molar-refractivity contribution >= 4 is 17.3 Å². The highest BCUT2D eigenvalue weighted by Gasteiger charge is 2.22. The van der Waals surface area contributed by atoms with Gasteiger partial charge in [0, 0.05) is 11.4 Å². The Labute approximate surface area is 176 Å². The van der Waals surface area contributed by atoms with Crippen molar-refractivity contribution in [2.75, 3.05) is 42.9 Å². The summed E-state index contributed by atoms with van der Waals surface area (Å²) in [6, 6.07) is 24.3. The fraction of sp³-hybridized carbons (Fsp3) is 0.208. The van der Waals surface area contributed by atoms with E-state index in [1.54, 1.807) is 12.1 Å². The Bertz CT molecular complexity index is 951. The molecule has 0 saturated carbocycles. The van der Waals surface area contributed by atoms with Crippen molar-refractivity contribution in [2.24, 2.45) is 0 Å². The molecule has 0 bridgehead atoms. The summed E-state index contributed by atoms with van der Waals surface area (Å²) in [7, 11) is 0. The number of hydrogen-bond donors (Lipinski definition) is 3. The number of nitrogens with zero attached hydrogens (tertiary/aromatic N) is 1. The van der Waals surface area contributed by atoms with Gasteiger partial charge in [-0.2, -0.15) is 0 Å². The number of carbonyl (C=O) groups excluding carboxylic acids is 1. The molecule has 4 rings (SSSR count). The topological polar surface area (TPSA) is 66.2 Å². The molecule has 1 fully saturated rings. The van der Waals surface area contributed by atoms with Crippen LogP contribution in [0.25, 0.3) is 0 Å².